The van der Waals surface area contributed by atoms with Crippen molar-refractivity contribution in [1.29, 1.82) is 0 Å². The van der Waals surface area contributed by atoms with Crippen molar-refractivity contribution >= 4 is 0 Å². The van der Waals surface area contributed by atoms with E-state index in [-0.39, 0.29) is 12.1 Å². The van der Waals surface area contributed by atoms with Crippen LogP contribution in [0.3, 0.4) is 0 Å². The van der Waals surface area contributed by atoms with E-state index >= 15 is 0 Å². The second-order valence-corrected chi connectivity index (χ2v) is 5.61. The molecule has 0 aliphatic rings. The molecule has 1 aromatic rings. The lowest BCUT2D eigenvalue weighted by Gasteiger charge is -2.33. The Bertz CT molecular complexity index is 415. The van der Waals surface area contributed by atoms with Gasteiger partial charge in [0.25, 0.3) is 0 Å². The van der Waals surface area contributed by atoms with Gasteiger partial charge in [-0.2, -0.15) is 13.2 Å². The fraction of sp³-hybridized carbons (Fsp3) is 0.625. The molecule has 0 aromatic heterocycles. The molecule has 1 rings (SSSR count). The first-order valence-electron chi connectivity index (χ1n) is 7.31. The zero-order valence-corrected chi connectivity index (χ0v) is 13.2. The predicted molar refractivity (Wildman–Crippen MR) is 80.4 cm³/mol. The molecule has 120 valence electrons. The summed E-state index contributed by atoms with van der Waals surface area (Å²) < 4.78 is 37.7. The third-order valence-electron chi connectivity index (χ3n) is 3.66. The number of halogens is 3. The highest BCUT2D eigenvalue weighted by atomic mass is 19.4. The van der Waals surface area contributed by atoms with Crippen LogP contribution < -0.4 is 5.32 Å². The maximum absolute atomic E-state index is 12.6. The SMILES string of the molecule is CCCNC(c1ccc(C)cc1)C(C)N(C)CC(F)(F)F. The Morgan fingerprint density at radius 3 is 2.24 bits per heavy atom. The molecular formula is C16H25F3N2. The Labute approximate surface area is 125 Å². The van der Waals surface area contributed by atoms with Gasteiger partial charge in [-0.15, -0.1) is 0 Å². The summed E-state index contributed by atoms with van der Waals surface area (Å²) in [6.45, 7) is 5.76. The van der Waals surface area contributed by atoms with Gasteiger partial charge < -0.3 is 5.32 Å². The Hall–Kier alpha value is -1.07. The molecule has 0 heterocycles. The highest BCUT2D eigenvalue weighted by Crippen LogP contribution is 2.24. The van der Waals surface area contributed by atoms with Crippen LogP contribution in [0.1, 0.15) is 37.4 Å². The smallest absolute Gasteiger partial charge is 0.309 e. The summed E-state index contributed by atoms with van der Waals surface area (Å²) in [7, 11) is 1.52. The normalized spacial score (nSPS) is 15.2. The highest BCUT2D eigenvalue weighted by Gasteiger charge is 2.33. The second kappa shape index (κ2) is 7.80. The number of nitrogens with one attached hydrogen (secondary N) is 1. The monoisotopic (exact) mass is 302 g/mol. The first-order chi connectivity index (χ1) is 9.74. The second-order valence-electron chi connectivity index (χ2n) is 5.61. The first-order valence-corrected chi connectivity index (χ1v) is 7.31. The molecule has 0 amide bonds. The van der Waals surface area contributed by atoms with Gasteiger partial charge >= 0.3 is 6.18 Å². The van der Waals surface area contributed by atoms with E-state index in [2.05, 4.69) is 5.32 Å². The largest absolute Gasteiger partial charge is 0.401 e. The van der Waals surface area contributed by atoms with Crippen molar-refractivity contribution in [3.8, 4) is 0 Å². The third kappa shape index (κ3) is 6.06. The van der Waals surface area contributed by atoms with Crippen LogP contribution in [0, 0.1) is 6.92 Å². The summed E-state index contributed by atoms with van der Waals surface area (Å²) in [6, 6.07) is 7.60. The molecule has 0 fully saturated rings. The summed E-state index contributed by atoms with van der Waals surface area (Å²) in [5.41, 5.74) is 2.17. The Morgan fingerprint density at radius 2 is 1.76 bits per heavy atom. The maximum atomic E-state index is 12.6. The molecule has 5 heteroatoms. The van der Waals surface area contributed by atoms with E-state index in [1.54, 1.807) is 0 Å². The van der Waals surface area contributed by atoms with Crippen molar-refractivity contribution in [2.75, 3.05) is 20.1 Å². The number of hydrogen-bond acceptors (Lipinski definition) is 2. The molecule has 0 aliphatic carbocycles. The Kier molecular flexibility index (Phi) is 6.68. The molecule has 0 saturated carbocycles. The molecule has 0 saturated heterocycles. The summed E-state index contributed by atoms with van der Waals surface area (Å²) in [6.07, 6.45) is -3.23. The number of rotatable bonds is 7. The molecule has 0 aliphatic heterocycles. The molecular weight excluding hydrogens is 277 g/mol. The molecule has 1 N–H and O–H groups in total. The summed E-state index contributed by atoms with van der Waals surface area (Å²) in [4.78, 5) is 1.35. The molecule has 1 aromatic carbocycles. The van der Waals surface area contributed by atoms with Crippen LogP contribution in [0.5, 0.6) is 0 Å². The van der Waals surface area contributed by atoms with Crippen molar-refractivity contribution in [3.63, 3.8) is 0 Å². The minimum atomic E-state index is -4.18. The summed E-state index contributed by atoms with van der Waals surface area (Å²) in [5, 5.41) is 3.36. The van der Waals surface area contributed by atoms with E-state index in [1.807, 2.05) is 45.0 Å². The van der Waals surface area contributed by atoms with Gasteiger partial charge in [-0.25, -0.2) is 0 Å². The average molecular weight is 302 g/mol. The molecule has 2 unspecified atom stereocenters. The number of alkyl halides is 3. The van der Waals surface area contributed by atoms with E-state index in [4.69, 9.17) is 0 Å². The first kappa shape index (κ1) is 18.0. The zero-order valence-electron chi connectivity index (χ0n) is 13.2. The lowest BCUT2D eigenvalue weighted by atomic mass is 9.98. The molecule has 0 bridgehead atoms. The fourth-order valence-corrected chi connectivity index (χ4v) is 2.32. The van der Waals surface area contributed by atoms with Crippen molar-refractivity contribution < 1.29 is 13.2 Å². The average Bonchev–Trinajstić information content (AvgIpc) is 2.39. The summed E-state index contributed by atoms with van der Waals surface area (Å²) in [5.74, 6) is 0. The number of benzene rings is 1. The van der Waals surface area contributed by atoms with Crippen LogP contribution in [0.15, 0.2) is 24.3 Å². The lowest BCUT2D eigenvalue weighted by molar-refractivity contribution is -0.148. The number of nitrogens with zero attached hydrogens (tertiary/aromatic N) is 1. The van der Waals surface area contributed by atoms with Gasteiger partial charge in [0, 0.05) is 12.1 Å². The van der Waals surface area contributed by atoms with Gasteiger partial charge in [0.1, 0.15) is 0 Å². The summed E-state index contributed by atoms with van der Waals surface area (Å²) >= 11 is 0. The van der Waals surface area contributed by atoms with Crippen LogP contribution >= 0.6 is 0 Å². The third-order valence-corrected chi connectivity index (χ3v) is 3.66. The van der Waals surface area contributed by atoms with Crippen LogP contribution in [0.4, 0.5) is 13.2 Å². The number of aryl methyl sites for hydroxylation is 1. The zero-order chi connectivity index (χ0) is 16.0. The van der Waals surface area contributed by atoms with Gasteiger partial charge in [0.05, 0.1) is 6.54 Å². The van der Waals surface area contributed by atoms with E-state index < -0.39 is 12.7 Å². The van der Waals surface area contributed by atoms with E-state index in [0.29, 0.717) is 0 Å². The van der Waals surface area contributed by atoms with Gasteiger partial charge in [-0.05, 0) is 39.4 Å². The van der Waals surface area contributed by atoms with E-state index in [9.17, 15) is 13.2 Å². The molecule has 0 radical (unpaired) electrons. The highest BCUT2D eigenvalue weighted by molar-refractivity contribution is 5.25. The number of hydrogen-bond donors (Lipinski definition) is 1. The van der Waals surface area contributed by atoms with Crippen LogP contribution in [0.2, 0.25) is 0 Å². The van der Waals surface area contributed by atoms with Gasteiger partial charge in [-0.3, -0.25) is 4.90 Å². The standard InChI is InChI=1S/C16H25F3N2/c1-5-10-20-15(14-8-6-12(2)7-9-14)13(3)21(4)11-16(17,18)19/h6-9,13,15,20H,5,10-11H2,1-4H3. The predicted octanol–water partition coefficient (Wildman–Crippen LogP) is 3.92. The molecule has 21 heavy (non-hydrogen) atoms. The molecule has 0 spiro atoms. The molecule has 2 atom stereocenters. The molecule has 2 nitrogen and oxygen atoms in total. The van der Waals surface area contributed by atoms with Gasteiger partial charge in [0.2, 0.25) is 0 Å². The minimum absolute atomic E-state index is 0.113. The Balaban J connectivity index is 2.88. The van der Waals surface area contributed by atoms with Crippen LogP contribution in [0.25, 0.3) is 0 Å². The number of likely N-dealkylation sites (N-methyl/N-ethyl adjacent to an activating group) is 1. The van der Waals surface area contributed by atoms with Gasteiger partial charge in [-0.1, -0.05) is 36.8 Å². The van der Waals surface area contributed by atoms with Crippen molar-refractivity contribution in [1.82, 2.24) is 10.2 Å². The van der Waals surface area contributed by atoms with E-state index in [1.165, 1.54) is 11.9 Å². The maximum Gasteiger partial charge on any atom is 0.401 e. The minimum Gasteiger partial charge on any atom is -0.309 e. The Morgan fingerprint density at radius 1 is 1.19 bits per heavy atom. The van der Waals surface area contributed by atoms with Crippen LogP contribution in [-0.2, 0) is 0 Å². The lowest BCUT2D eigenvalue weighted by Crippen LogP contribution is -2.44. The van der Waals surface area contributed by atoms with Gasteiger partial charge in [0.15, 0.2) is 0 Å². The topological polar surface area (TPSA) is 15.3 Å². The van der Waals surface area contributed by atoms with Crippen molar-refractivity contribution in [2.45, 2.75) is 45.5 Å². The van der Waals surface area contributed by atoms with Crippen molar-refractivity contribution in [3.05, 3.63) is 35.4 Å². The van der Waals surface area contributed by atoms with Crippen LogP contribution in [-0.4, -0.2) is 37.3 Å². The van der Waals surface area contributed by atoms with Crippen molar-refractivity contribution in [2.24, 2.45) is 0 Å². The van der Waals surface area contributed by atoms with E-state index in [0.717, 1.165) is 24.1 Å². The quantitative estimate of drug-likeness (QED) is 0.821. The fourth-order valence-electron chi connectivity index (χ4n) is 2.32.